The number of piperidine rings is 1. The highest BCUT2D eigenvalue weighted by Gasteiger charge is 2.27. The van der Waals surface area contributed by atoms with Gasteiger partial charge in [0.15, 0.2) is 0 Å². The van der Waals surface area contributed by atoms with Gasteiger partial charge in [-0.05, 0) is 56.8 Å². The first-order valence-electron chi connectivity index (χ1n) is 9.05. The van der Waals surface area contributed by atoms with Crippen LogP contribution in [0.3, 0.4) is 0 Å². The average Bonchev–Trinajstić information content (AvgIpc) is 3.31. The Morgan fingerprint density at radius 1 is 1.08 bits per heavy atom. The summed E-state index contributed by atoms with van der Waals surface area (Å²) in [5.74, 6) is -0.0468. The largest absolute Gasteiger partial charge is 0.467 e. The number of rotatable bonds is 5. The van der Waals surface area contributed by atoms with Crippen LogP contribution in [0.1, 0.15) is 44.3 Å². The Labute approximate surface area is 143 Å². The fourth-order valence-electron chi connectivity index (χ4n) is 3.77. The van der Waals surface area contributed by atoms with E-state index in [2.05, 4.69) is 15.5 Å². The molecule has 1 saturated carbocycles. The Balaban J connectivity index is 1.32. The summed E-state index contributed by atoms with van der Waals surface area (Å²) in [7, 11) is 0. The number of furan rings is 1. The number of amides is 2. The Morgan fingerprint density at radius 3 is 2.46 bits per heavy atom. The van der Waals surface area contributed by atoms with Crippen LogP contribution in [0.5, 0.6) is 0 Å². The molecule has 2 heterocycles. The maximum Gasteiger partial charge on any atom is 0.309 e. The molecule has 2 amide bonds. The van der Waals surface area contributed by atoms with Gasteiger partial charge in [-0.3, -0.25) is 9.59 Å². The Bertz CT molecular complexity index is 530. The van der Waals surface area contributed by atoms with Gasteiger partial charge in [-0.1, -0.05) is 12.8 Å². The smallest absolute Gasteiger partial charge is 0.309 e. The van der Waals surface area contributed by atoms with E-state index in [9.17, 15) is 9.59 Å². The molecule has 2 N–H and O–H groups in total. The van der Waals surface area contributed by atoms with Gasteiger partial charge >= 0.3 is 11.8 Å². The van der Waals surface area contributed by atoms with E-state index >= 15 is 0 Å². The van der Waals surface area contributed by atoms with E-state index in [-0.39, 0.29) is 6.54 Å². The van der Waals surface area contributed by atoms with Crippen molar-refractivity contribution in [3.8, 4) is 0 Å². The summed E-state index contributed by atoms with van der Waals surface area (Å²) in [6, 6.07) is 4.29. The van der Waals surface area contributed by atoms with Crippen LogP contribution in [-0.2, 0) is 16.1 Å². The molecule has 1 saturated heterocycles. The van der Waals surface area contributed by atoms with Crippen molar-refractivity contribution in [3.63, 3.8) is 0 Å². The molecule has 6 nitrogen and oxygen atoms in total. The summed E-state index contributed by atoms with van der Waals surface area (Å²) >= 11 is 0. The first-order valence-corrected chi connectivity index (χ1v) is 9.05. The third-order valence-electron chi connectivity index (χ3n) is 5.25. The van der Waals surface area contributed by atoms with Gasteiger partial charge < -0.3 is 20.0 Å². The predicted molar refractivity (Wildman–Crippen MR) is 90.1 cm³/mol. The quantitative estimate of drug-likeness (QED) is 0.804. The summed E-state index contributed by atoms with van der Waals surface area (Å²) in [4.78, 5) is 26.2. The summed E-state index contributed by atoms with van der Waals surface area (Å²) in [6.07, 6.45) is 9.17. The molecular weight excluding hydrogens is 306 g/mol. The van der Waals surface area contributed by atoms with E-state index in [0.717, 1.165) is 32.0 Å². The van der Waals surface area contributed by atoms with E-state index in [4.69, 9.17) is 4.42 Å². The van der Waals surface area contributed by atoms with Crippen molar-refractivity contribution in [2.24, 2.45) is 5.92 Å². The van der Waals surface area contributed by atoms with Gasteiger partial charge in [0.25, 0.3) is 0 Å². The number of nitrogens with one attached hydrogen (secondary N) is 2. The van der Waals surface area contributed by atoms with E-state index in [1.54, 1.807) is 18.4 Å². The van der Waals surface area contributed by atoms with E-state index in [1.165, 1.54) is 25.7 Å². The summed E-state index contributed by atoms with van der Waals surface area (Å²) in [5, 5.41) is 5.33. The monoisotopic (exact) mass is 333 g/mol. The van der Waals surface area contributed by atoms with Crippen LogP contribution in [0.4, 0.5) is 0 Å². The summed E-state index contributed by atoms with van der Waals surface area (Å²) in [6.45, 7) is 3.07. The van der Waals surface area contributed by atoms with Crippen molar-refractivity contribution in [1.82, 2.24) is 15.5 Å². The van der Waals surface area contributed by atoms with Crippen molar-refractivity contribution < 1.29 is 14.0 Å². The number of hydrogen-bond acceptors (Lipinski definition) is 4. The molecule has 0 spiro atoms. The predicted octanol–water partition coefficient (Wildman–Crippen LogP) is 1.67. The van der Waals surface area contributed by atoms with Gasteiger partial charge in [0.1, 0.15) is 5.76 Å². The van der Waals surface area contributed by atoms with Crippen LogP contribution in [0, 0.1) is 5.92 Å². The molecule has 0 unspecified atom stereocenters. The molecule has 24 heavy (non-hydrogen) atoms. The van der Waals surface area contributed by atoms with Crippen molar-refractivity contribution in [1.29, 1.82) is 0 Å². The lowest BCUT2D eigenvalue weighted by molar-refractivity contribution is -0.139. The summed E-state index contributed by atoms with van der Waals surface area (Å²) < 4.78 is 5.12. The number of hydrogen-bond donors (Lipinski definition) is 2. The van der Waals surface area contributed by atoms with Gasteiger partial charge in [0.2, 0.25) is 0 Å². The van der Waals surface area contributed by atoms with Crippen LogP contribution < -0.4 is 10.6 Å². The number of carbonyl (C=O) groups excluding carboxylic acids is 2. The van der Waals surface area contributed by atoms with Crippen molar-refractivity contribution in [3.05, 3.63) is 24.2 Å². The minimum atomic E-state index is -0.602. The Kier molecular flexibility index (Phi) is 5.91. The van der Waals surface area contributed by atoms with Gasteiger partial charge in [0.05, 0.1) is 12.8 Å². The molecule has 2 fully saturated rings. The molecule has 0 aromatic carbocycles. The van der Waals surface area contributed by atoms with Crippen molar-refractivity contribution in [2.45, 2.75) is 51.1 Å². The summed E-state index contributed by atoms with van der Waals surface area (Å²) in [5.41, 5.74) is 0. The number of nitrogens with zero attached hydrogens (tertiary/aromatic N) is 1. The number of carbonyl (C=O) groups is 2. The number of likely N-dealkylation sites (tertiary alicyclic amines) is 1. The molecular formula is C18H27N3O3. The maximum absolute atomic E-state index is 11.9. The molecule has 6 heteroatoms. The minimum Gasteiger partial charge on any atom is -0.467 e. The molecule has 0 atom stereocenters. The fourth-order valence-corrected chi connectivity index (χ4v) is 3.77. The molecule has 1 aromatic heterocycles. The molecule has 0 radical (unpaired) electrons. The molecule has 1 aliphatic carbocycles. The highest BCUT2D eigenvalue weighted by atomic mass is 16.3. The highest BCUT2D eigenvalue weighted by molar-refractivity contribution is 6.35. The first-order chi connectivity index (χ1) is 11.7. The fraction of sp³-hybridized carbons (Fsp3) is 0.667. The first kappa shape index (κ1) is 17.0. The van der Waals surface area contributed by atoms with Crippen molar-refractivity contribution >= 4 is 11.8 Å². The SMILES string of the molecule is O=C(NCc1ccco1)C(=O)NCC1CCN(C2CCCC2)CC1. The van der Waals surface area contributed by atoms with Crippen molar-refractivity contribution in [2.75, 3.05) is 19.6 Å². The molecule has 0 bridgehead atoms. The lowest BCUT2D eigenvalue weighted by Crippen LogP contribution is -2.45. The second-order valence-corrected chi connectivity index (χ2v) is 6.89. The second kappa shape index (κ2) is 8.33. The Hall–Kier alpha value is -1.82. The highest BCUT2D eigenvalue weighted by Crippen LogP contribution is 2.27. The van der Waals surface area contributed by atoms with E-state index in [1.807, 2.05) is 0 Å². The topological polar surface area (TPSA) is 74.6 Å². The van der Waals surface area contributed by atoms with Crippen LogP contribution in [0.15, 0.2) is 22.8 Å². The average molecular weight is 333 g/mol. The van der Waals surface area contributed by atoms with Gasteiger partial charge in [-0.15, -0.1) is 0 Å². The normalized spacial score (nSPS) is 20.2. The van der Waals surface area contributed by atoms with Gasteiger partial charge in [-0.2, -0.15) is 0 Å². The van der Waals surface area contributed by atoms with E-state index < -0.39 is 11.8 Å². The van der Waals surface area contributed by atoms with Gasteiger partial charge in [0, 0.05) is 12.6 Å². The lowest BCUT2D eigenvalue weighted by atomic mass is 9.95. The second-order valence-electron chi connectivity index (χ2n) is 6.89. The zero-order chi connectivity index (χ0) is 16.8. The van der Waals surface area contributed by atoms with Crippen LogP contribution in [0.2, 0.25) is 0 Å². The van der Waals surface area contributed by atoms with Crippen LogP contribution in [-0.4, -0.2) is 42.4 Å². The molecule has 1 aromatic rings. The molecule has 2 aliphatic rings. The zero-order valence-corrected chi connectivity index (χ0v) is 14.1. The van der Waals surface area contributed by atoms with E-state index in [0.29, 0.717) is 18.2 Å². The third kappa shape index (κ3) is 4.60. The molecule has 3 rings (SSSR count). The lowest BCUT2D eigenvalue weighted by Gasteiger charge is -2.36. The van der Waals surface area contributed by atoms with Crippen LogP contribution >= 0.6 is 0 Å². The minimum absolute atomic E-state index is 0.235. The standard InChI is InChI=1S/C18H27N3O3/c22-17(18(23)20-13-16-6-3-11-24-16)19-12-14-7-9-21(10-8-14)15-4-1-2-5-15/h3,6,11,14-15H,1-2,4-5,7-10,12-13H2,(H,19,22)(H,20,23). The van der Waals surface area contributed by atoms with Crippen LogP contribution in [0.25, 0.3) is 0 Å². The maximum atomic E-state index is 11.9. The Morgan fingerprint density at radius 2 is 1.79 bits per heavy atom. The molecule has 1 aliphatic heterocycles. The molecule has 132 valence electrons. The van der Waals surface area contributed by atoms with Gasteiger partial charge in [-0.25, -0.2) is 0 Å². The zero-order valence-electron chi connectivity index (χ0n) is 14.1. The third-order valence-corrected chi connectivity index (χ3v) is 5.25.